The summed E-state index contributed by atoms with van der Waals surface area (Å²) in [5.41, 5.74) is 0.0876. The van der Waals surface area contributed by atoms with E-state index < -0.39 is 28.1 Å². The third-order valence-electron chi connectivity index (χ3n) is 3.17. The molecule has 0 saturated carbocycles. The summed E-state index contributed by atoms with van der Waals surface area (Å²) in [4.78, 5) is 10.8. The molecule has 112 valence electrons. The van der Waals surface area contributed by atoms with Crippen molar-refractivity contribution >= 4 is 27.6 Å². The number of aliphatic carboxylic acids is 1. The first-order valence-corrected chi connectivity index (χ1v) is 7.71. The van der Waals surface area contributed by atoms with Gasteiger partial charge in [0.2, 0.25) is 10.0 Å². The van der Waals surface area contributed by atoms with Crippen LogP contribution in [-0.4, -0.2) is 47.6 Å². The lowest BCUT2D eigenvalue weighted by Crippen LogP contribution is -2.40. The van der Waals surface area contributed by atoms with Gasteiger partial charge in [0.25, 0.3) is 0 Å². The van der Waals surface area contributed by atoms with Crippen LogP contribution in [0.15, 0.2) is 23.1 Å². The molecule has 1 saturated heterocycles. The third-order valence-corrected chi connectivity index (χ3v) is 5.52. The molecule has 2 N–H and O–H groups in total. The van der Waals surface area contributed by atoms with Crippen LogP contribution in [0.5, 0.6) is 0 Å². The van der Waals surface area contributed by atoms with Gasteiger partial charge in [0.15, 0.2) is 0 Å². The average molecular weight is 331 g/mol. The van der Waals surface area contributed by atoms with E-state index in [9.17, 15) is 18.3 Å². The maximum atomic E-state index is 12.5. The minimum Gasteiger partial charge on any atom is -0.480 e. The number of hydrogen-bond acceptors (Lipinski definition) is 5. The predicted molar refractivity (Wildman–Crippen MR) is 72.1 cm³/mol. The molecule has 2 rings (SSSR count). The van der Waals surface area contributed by atoms with Crippen molar-refractivity contribution in [1.82, 2.24) is 4.31 Å². The number of carbonyl (C=O) groups is 1. The highest BCUT2D eigenvalue weighted by molar-refractivity contribution is 7.89. The lowest BCUT2D eigenvalue weighted by molar-refractivity contribution is -0.140. The number of rotatable bonds is 3. The number of nitriles is 1. The molecule has 1 aromatic carbocycles. The van der Waals surface area contributed by atoms with Gasteiger partial charge in [-0.1, -0.05) is 11.6 Å². The molecule has 0 amide bonds. The number of carboxylic acids is 1. The van der Waals surface area contributed by atoms with Gasteiger partial charge in [0, 0.05) is 13.0 Å². The van der Waals surface area contributed by atoms with Crippen LogP contribution in [0.4, 0.5) is 0 Å². The van der Waals surface area contributed by atoms with Crippen LogP contribution in [0.1, 0.15) is 12.0 Å². The molecule has 0 bridgehead atoms. The maximum Gasteiger partial charge on any atom is 0.322 e. The zero-order valence-corrected chi connectivity index (χ0v) is 12.2. The number of carboxylic acid groups (broad SMARTS) is 1. The standard InChI is InChI=1S/C12H11ClN2O5S/c13-9-2-1-7(5-14)3-11(9)21(19,20)15-6-8(16)4-10(15)12(17)18/h1-3,8,10,16H,4,6H2,(H,17,18). The first-order valence-electron chi connectivity index (χ1n) is 5.89. The van der Waals surface area contributed by atoms with Gasteiger partial charge >= 0.3 is 5.97 Å². The normalized spacial score (nSPS) is 22.9. The summed E-state index contributed by atoms with van der Waals surface area (Å²) < 4.78 is 25.8. The van der Waals surface area contributed by atoms with Crippen LogP contribution < -0.4 is 0 Å². The molecule has 1 fully saturated rings. The van der Waals surface area contributed by atoms with Crippen LogP contribution >= 0.6 is 11.6 Å². The number of aliphatic hydroxyl groups excluding tert-OH is 1. The number of β-amino-alcohol motifs (C(OH)–C–C–N with tert-alkyl or cyclic N) is 1. The highest BCUT2D eigenvalue weighted by Crippen LogP contribution is 2.31. The van der Waals surface area contributed by atoms with Crippen LogP contribution in [0, 0.1) is 11.3 Å². The Bertz CT molecular complexity index is 728. The SMILES string of the molecule is N#Cc1ccc(Cl)c(S(=O)(=O)N2CC(O)CC2C(=O)O)c1. The molecule has 0 aliphatic carbocycles. The van der Waals surface area contributed by atoms with Gasteiger partial charge in [0.1, 0.15) is 10.9 Å². The molecule has 0 spiro atoms. The molecule has 9 heteroatoms. The summed E-state index contributed by atoms with van der Waals surface area (Å²) >= 11 is 5.85. The first-order chi connectivity index (χ1) is 9.77. The molecule has 2 unspecified atom stereocenters. The van der Waals surface area contributed by atoms with Crippen LogP contribution in [0.2, 0.25) is 5.02 Å². The van der Waals surface area contributed by atoms with E-state index in [1.54, 1.807) is 6.07 Å². The third kappa shape index (κ3) is 2.87. The van der Waals surface area contributed by atoms with E-state index in [1.165, 1.54) is 12.1 Å². The van der Waals surface area contributed by atoms with E-state index in [1.807, 2.05) is 0 Å². The topological polar surface area (TPSA) is 119 Å². The molecular weight excluding hydrogens is 320 g/mol. The molecule has 21 heavy (non-hydrogen) atoms. The minimum atomic E-state index is -4.22. The molecule has 2 atom stereocenters. The molecule has 0 aromatic heterocycles. The van der Waals surface area contributed by atoms with Crippen molar-refractivity contribution in [1.29, 1.82) is 5.26 Å². The van der Waals surface area contributed by atoms with E-state index in [2.05, 4.69) is 0 Å². The van der Waals surface area contributed by atoms with Crippen LogP contribution in [0.3, 0.4) is 0 Å². The quantitative estimate of drug-likeness (QED) is 0.829. The van der Waals surface area contributed by atoms with Crippen molar-refractivity contribution in [2.45, 2.75) is 23.5 Å². The zero-order valence-electron chi connectivity index (χ0n) is 10.6. The van der Waals surface area contributed by atoms with Crippen molar-refractivity contribution < 1.29 is 23.4 Å². The Morgan fingerprint density at radius 2 is 2.14 bits per heavy atom. The van der Waals surface area contributed by atoms with Gasteiger partial charge in [-0.15, -0.1) is 0 Å². The van der Waals surface area contributed by atoms with Gasteiger partial charge in [-0.05, 0) is 18.2 Å². The van der Waals surface area contributed by atoms with Gasteiger partial charge in [-0.25, -0.2) is 8.42 Å². The summed E-state index contributed by atoms with van der Waals surface area (Å²) in [5.74, 6) is -1.34. The molecule has 1 aliphatic rings. The molecule has 0 radical (unpaired) electrons. The van der Waals surface area contributed by atoms with E-state index >= 15 is 0 Å². The number of hydrogen-bond donors (Lipinski definition) is 2. The monoisotopic (exact) mass is 330 g/mol. The van der Waals surface area contributed by atoms with Gasteiger partial charge in [0.05, 0.1) is 22.8 Å². The molecule has 1 heterocycles. The molecule has 7 nitrogen and oxygen atoms in total. The first kappa shape index (κ1) is 15.7. The van der Waals surface area contributed by atoms with Gasteiger partial charge in [-0.3, -0.25) is 4.79 Å². The largest absolute Gasteiger partial charge is 0.480 e. The fourth-order valence-corrected chi connectivity index (χ4v) is 4.30. The Labute approximate surface area is 126 Å². The Morgan fingerprint density at radius 3 is 2.71 bits per heavy atom. The predicted octanol–water partition coefficient (Wildman–Crippen LogP) is 0.420. The van der Waals surface area contributed by atoms with Crippen molar-refractivity contribution in [3.63, 3.8) is 0 Å². The van der Waals surface area contributed by atoms with Crippen molar-refractivity contribution in [3.8, 4) is 6.07 Å². The van der Waals surface area contributed by atoms with E-state index in [0.717, 1.165) is 6.07 Å². The van der Waals surface area contributed by atoms with E-state index in [4.69, 9.17) is 22.0 Å². The van der Waals surface area contributed by atoms with E-state index in [-0.39, 0.29) is 28.4 Å². The fourth-order valence-electron chi connectivity index (χ4n) is 2.17. The molecule has 1 aromatic rings. The highest BCUT2D eigenvalue weighted by atomic mass is 35.5. The van der Waals surface area contributed by atoms with Gasteiger partial charge in [-0.2, -0.15) is 9.57 Å². The fraction of sp³-hybridized carbons (Fsp3) is 0.333. The number of benzene rings is 1. The van der Waals surface area contributed by atoms with Gasteiger partial charge < -0.3 is 10.2 Å². The Balaban J connectivity index is 2.52. The minimum absolute atomic E-state index is 0.0876. The summed E-state index contributed by atoms with van der Waals surface area (Å²) in [7, 11) is -4.22. The van der Waals surface area contributed by atoms with E-state index in [0.29, 0.717) is 4.31 Å². The van der Waals surface area contributed by atoms with Crippen molar-refractivity contribution in [2.75, 3.05) is 6.54 Å². The summed E-state index contributed by atoms with van der Waals surface area (Å²) in [6.45, 7) is -0.327. The summed E-state index contributed by atoms with van der Waals surface area (Å²) in [6.07, 6.45) is -1.25. The average Bonchev–Trinajstić information content (AvgIpc) is 2.82. The van der Waals surface area contributed by atoms with Crippen molar-refractivity contribution in [3.05, 3.63) is 28.8 Å². The molecular formula is C12H11ClN2O5S. The summed E-state index contributed by atoms with van der Waals surface area (Å²) in [5, 5.41) is 27.3. The lowest BCUT2D eigenvalue weighted by Gasteiger charge is -2.21. The second-order valence-corrected chi connectivity index (χ2v) is 6.84. The van der Waals surface area contributed by atoms with Crippen molar-refractivity contribution in [2.24, 2.45) is 0 Å². The number of sulfonamides is 1. The Kier molecular flexibility index (Phi) is 4.20. The second kappa shape index (κ2) is 5.61. The maximum absolute atomic E-state index is 12.5. The number of halogens is 1. The summed E-state index contributed by atoms with van der Waals surface area (Å²) in [6, 6.07) is 4.14. The van der Waals surface area contributed by atoms with Crippen LogP contribution in [0.25, 0.3) is 0 Å². The zero-order chi connectivity index (χ0) is 15.8. The Hall–Kier alpha value is -1.66. The lowest BCUT2D eigenvalue weighted by atomic mass is 10.2. The molecule has 1 aliphatic heterocycles. The Morgan fingerprint density at radius 1 is 1.48 bits per heavy atom. The number of nitrogens with zero attached hydrogens (tertiary/aromatic N) is 2. The highest BCUT2D eigenvalue weighted by Gasteiger charge is 2.44. The number of aliphatic hydroxyl groups is 1. The second-order valence-electron chi connectivity index (χ2n) is 4.58. The van der Waals surface area contributed by atoms with Crippen LogP contribution in [-0.2, 0) is 14.8 Å². The smallest absolute Gasteiger partial charge is 0.322 e.